The predicted molar refractivity (Wildman–Crippen MR) is 65.1 cm³/mol. The Balaban J connectivity index is 2.23. The molecule has 0 N–H and O–H groups in total. The Hall–Kier alpha value is -1.65. The van der Waals surface area contributed by atoms with Crippen molar-refractivity contribution in [1.82, 2.24) is 9.78 Å². The average molecular weight is 232 g/mol. The van der Waals surface area contributed by atoms with Gasteiger partial charge in [0.1, 0.15) is 0 Å². The Morgan fingerprint density at radius 3 is 2.47 bits per heavy atom. The molecule has 2 aromatic rings. The maximum atomic E-state index is 5.20. The van der Waals surface area contributed by atoms with Crippen LogP contribution in [0.4, 0.5) is 0 Å². The number of hydrogen-bond donors (Lipinski definition) is 0. The summed E-state index contributed by atoms with van der Waals surface area (Å²) in [6.07, 6.45) is 2.21. The molecular weight excluding hydrogens is 216 g/mol. The third-order valence-electron chi connectivity index (χ3n) is 2.62. The molecule has 17 heavy (non-hydrogen) atoms. The zero-order chi connectivity index (χ0) is 12.1. The highest BCUT2D eigenvalue weighted by Gasteiger charge is 2.11. The third kappa shape index (κ3) is 2.72. The van der Waals surface area contributed by atoms with Gasteiger partial charge < -0.3 is 9.47 Å². The second kappa shape index (κ2) is 5.61. The molecule has 0 bridgehead atoms. The third-order valence-corrected chi connectivity index (χ3v) is 2.62. The molecule has 0 fully saturated rings. The molecule has 1 heterocycles. The minimum atomic E-state index is -0.242. The number of para-hydroxylation sites is 1. The highest BCUT2D eigenvalue weighted by atomic mass is 16.7. The van der Waals surface area contributed by atoms with Crippen LogP contribution in [0.15, 0.2) is 42.6 Å². The lowest BCUT2D eigenvalue weighted by Crippen LogP contribution is -2.18. The number of rotatable bonds is 5. The van der Waals surface area contributed by atoms with Gasteiger partial charge in [0, 0.05) is 32.5 Å². The first-order valence-corrected chi connectivity index (χ1v) is 5.49. The van der Waals surface area contributed by atoms with E-state index in [9.17, 15) is 0 Å². The molecule has 0 radical (unpaired) electrons. The molecule has 1 aromatic carbocycles. The van der Waals surface area contributed by atoms with E-state index in [4.69, 9.17) is 9.47 Å². The van der Waals surface area contributed by atoms with Crippen LogP contribution in [-0.2, 0) is 15.9 Å². The van der Waals surface area contributed by atoms with E-state index in [0.29, 0.717) is 6.42 Å². The lowest BCUT2D eigenvalue weighted by Gasteiger charge is -2.14. The second-order valence-corrected chi connectivity index (χ2v) is 3.67. The van der Waals surface area contributed by atoms with Crippen LogP contribution in [0.5, 0.6) is 0 Å². The Morgan fingerprint density at radius 2 is 1.82 bits per heavy atom. The van der Waals surface area contributed by atoms with Crippen molar-refractivity contribution in [2.45, 2.75) is 12.7 Å². The van der Waals surface area contributed by atoms with Crippen molar-refractivity contribution >= 4 is 0 Å². The SMILES string of the molecule is COC(Cc1ccnn1-c1ccccc1)OC. The molecule has 4 nitrogen and oxygen atoms in total. The van der Waals surface area contributed by atoms with Crippen LogP contribution in [0.2, 0.25) is 0 Å². The van der Waals surface area contributed by atoms with E-state index in [1.54, 1.807) is 20.4 Å². The van der Waals surface area contributed by atoms with E-state index >= 15 is 0 Å². The molecule has 4 heteroatoms. The Labute approximate surface area is 101 Å². The molecule has 90 valence electrons. The van der Waals surface area contributed by atoms with E-state index in [1.807, 2.05) is 41.1 Å². The fraction of sp³-hybridized carbons (Fsp3) is 0.308. The number of ether oxygens (including phenoxy) is 2. The maximum Gasteiger partial charge on any atom is 0.162 e. The van der Waals surface area contributed by atoms with Crippen molar-refractivity contribution in [1.29, 1.82) is 0 Å². The minimum absolute atomic E-state index is 0.242. The Kier molecular flexibility index (Phi) is 3.90. The van der Waals surface area contributed by atoms with Gasteiger partial charge in [0.25, 0.3) is 0 Å². The average Bonchev–Trinajstić information content (AvgIpc) is 2.85. The lowest BCUT2D eigenvalue weighted by molar-refractivity contribution is -0.101. The smallest absolute Gasteiger partial charge is 0.162 e. The van der Waals surface area contributed by atoms with Crippen LogP contribution in [0.3, 0.4) is 0 Å². The van der Waals surface area contributed by atoms with Crippen molar-refractivity contribution in [3.8, 4) is 5.69 Å². The summed E-state index contributed by atoms with van der Waals surface area (Å²) < 4.78 is 12.3. The molecule has 0 atom stereocenters. The van der Waals surface area contributed by atoms with E-state index in [-0.39, 0.29) is 6.29 Å². The highest BCUT2D eigenvalue weighted by molar-refractivity contribution is 5.32. The summed E-state index contributed by atoms with van der Waals surface area (Å²) in [6, 6.07) is 12.0. The monoisotopic (exact) mass is 232 g/mol. The fourth-order valence-corrected chi connectivity index (χ4v) is 1.72. The number of nitrogens with zero attached hydrogens (tertiary/aromatic N) is 2. The van der Waals surface area contributed by atoms with Gasteiger partial charge in [0.15, 0.2) is 6.29 Å². The number of hydrogen-bond acceptors (Lipinski definition) is 3. The normalized spacial score (nSPS) is 11.0. The number of methoxy groups -OCH3 is 2. The zero-order valence-electron chi connectivity index (χ0n) is 10.0. The maximum absolute atomic E-state index is 5.20. The van der Waals surface area contributed by atoms with Crippen molar-refractivity contribution in [3.05, 3.63) is 48.3 Å². The molecule has 0 unspecified atom stereocenters. The summed E-state index contributed by atoms with van der Waals surface area (Å²) in [5.74, 6) is 0. The molecule has 0 aliphatic carbocycles. The van der Waals surface area contributed by atoms with Crippen molar-refractivity contribution < 1.29 is 9.47 Å². The second-order valence-electron chi connectivity index (χ2n) is 3.67. The van der Waals surface area contributed by atoms with Gasteiger partial charge in [-0.2, -0.15) is 5.10 Å². The first kappa shape index (κ1) is 11.8. The fourth-order valence-electron chi connectivity index (χ4n) is 1.72. The first-order chi connectivity index (χ1) is 8.35. The molecule has 0 amide bonds. The Morgan fingerprint density at radius 1 is 1.12 bits per heavy atom. The number of benzene rings is 1. The topological polar surface area (TPSA) is 36.3 Å². The minimum Gasteiger partial charge on any atom is -0.356 e. The molecular formula is C13H16N2O2. The van der Waals surface area contributed by atoms with Crippen molar-refractivity contribution in [3.63, 3.8) is 0 Å². The largest absolute Gasteiger partial charge is 0.356 e. The van der Waals surface area contributed by atoms with Gasteiger partial charge in [0.2, 0.25) is 0 Å². The zero-order valence-corrected chi connectivity index (χ0v) is 10.0. The van der Waals surface area contributed by atoms with Crippen molar-refractivity contribution in [2.24, 2.45) is 0 Å². The summed E-state index contributed by atoms with van der Waals surface area (Å²) in [6.45, 7) is 0. The van der Waals surface area contributed by atoms with E-state index in [1.165, 1.54) is 0 Å². The van der Waals surface area contributed by atoms with Crippen LogP contribution in [0.1, 0.15) is 5.69 Å². The van der Waals surface area contributed by atoms with E-state index in [2.05, 4.69) is 5.10 Å². The quantitative estimate of drug-likeness (QED) is 0.740. The molecule has 0 aliphatic rings. The van der Waals surface area contributed by atoms with Crippen LogP contribution in [0, 0.1) is 0 Å². The highest BCUT2D eigenvalue weighted by Crippen LogP contribution is 2.12. The van der Waals surface area contributed by atoms with E-state index in [0.717, 1.165) is 11.4 Å². The van der Waals surface area contributed by atoms with Gasteiger partial charge in [0.05, 0.1) is 5.69 Å². The van der Waals surface area contributed by atoms with Crippen LogP contribution < -0.4 is 0 Å². The molecule has 0 spiro atoms. The standard InChI is InChI=1S/C13H16N2O2/c1-16-13(17-2)10-12-8-9-14-15(12)11-6-4-3-5-7-11/h3-9,13H,10H2,1-2H3. The summed E-state index contributed by atoms with van der Waals surface area (Å²) >= 11 is 0. The van der Waals surface area contributed by atoms with Gasteiger partial charge >= 0.3 is 0 Å². The summed E-state index contributed by atoms with van der Waals surface area (Å²) in [5, 5.41) is 4.31. The summed E-state index contributed by atoms with van der Waals surface area (Å²) in [4.78, 5) is 0. The van der Waals surface area contributed by atoms with Gasteiger partial charge in [-0.15, -0.1) is 0 Å². The van der Waals surface area contributed by atoms with Crippen LogP contribution in [-0.4, -0.2) is 30.3 Å². The van der Waals surface area contributed by atoms with Gasteiger partial charge in [-0.1, -0.05) is 18.2 Å². The predicted octanol–water partition coefficient (Wildman–Crippen LogP) is 2.03. The molecule has 0 saturated heterocycles. The van der Waals surface area contributed by atoms with Gasteiger partial charge in [-0.3, -0.25) is 0 Å². The first-order valence-electron chi connectivity index (χ1n) is 5.49. The van der Waals surface area contributed by atoms with Gasteiger partial charge in [-0.05, 0) is 18.2 Å². The van der Waals surface area contributed by atoms with Crippen LogP contribution in [0.25, 0.3) is 5.69 Å². The molecule has 0 aliphatic heterocycles. The van der Waals surface area contributed by atoms with E-state index < -0.39 is 0 Å². The van der Waals surface area contributed by atoms with Crippen molar-refractivity contribution in [2.75, 3.05) is 14.2 Å². The summed E-state index contributed by atoms with van der Waals surface area (Å²) in [7, 11) is 3.27. The van der Waals surface area contributed by atoms with Crippen LogP contribution >= 0.6 is 0 Å². The van der Waals surface area contributed by atoms with Gasteiger partial charge in [-0.25, -0.2) is 4.68 Å². The number of aromatic nitrogens is 2. The summed E-state index contributed by atoms with van der Waals surface area (Å²) in [5.41, 5.74) is 2.10. The Bertz CT molecular complexity index is 449. The molecule has 0 saturated carbocycles. The molecule has 1 aromatic heterocycles. The lowest BCUT2D eigenvalue weighted by atomic mass is 10.2. The molecule has 2 rings (SSSR count).